The van der Waals surface area contributed by atoms with Crippen LogP contribution in [0.3, 0.4) is 0 Å². The van der Waals surface area contributed by atoms with Crippen molar-refractivity contribution in [3.8, 4) is 0 Å². The molecule has 0 saturated heterocycles. The number of hydrogen-bond acceptors (Lipinski definition) is 3. The van der Waals surface area contributed by atoms with Crippen LogP contribution in [0.4, 0.5) is 0 Å². The topological polar surface area (TPSA) is 69.2 Å². The SMILES string of the molecule is CCCC[O-].CCCC[O-].CCCC[O-].[Ti+3]. The third-order valence-electron chi connectivity index (χ3n) is 1.49. The molecule has 0 spiro atoms. The Balaban J connectivity index is -0.0000000655. The molecule has 0 atom stereocenters. The van der Waals surface area contributed by atoms with Crippen molar-refractivity contribution in [2.24, 2.45) is 0 Å². The number of unbranched alkanes of at least 4 members (excludes halogenated alkanes) is 3. The summed E-state index contributed by atoms with van der Waals surface area (Å²) in [4.78, 5) is 0. The summed E-state index contributed by atoms with van der Waals surface area (Å²) >= 11 is 0. The average Bonchev–Trinajstić information content (AvgIpc) is 2.23. The van der Waals surface area contributed by atoms with E-state index in [2.05, 4.69) is 0 Å². The molecule has 0 aliphatic heterocycles. The molecule has 4 heteroatoms. The van der Waals surface area contributed by atoms with Gasteiger partial charge in [0.15, 0.2) is 0 Å². The minimum atomic E-state index is 0. The Morgan fingerprint density at radius 2 is 0.750 bits per heavy atom. The molecule has 0 saturated carbocycles. The van der Waals surface area contributed by atoms with Crippen LogP contribution >= 0.6 is 0 Å². The summed E-state index contributed by atoms with van der Waals surface area (Å²) in [7, 11) is 0. The molecule has 0 unspecified atom stereocenters. The van der Waals surface area contributed by atoms with E-state index in [1.54, 1.807) is 0 Å². The van der Waals surface area contributed by atoms with Crippen LogP contribution in [-0.2, 0) is 21.7 Å². The van der Waals surface area contributed by atoms with Gasteiger partial charge in [-0.05, 0) is 0 Å². The van der Waals surface area contributed by atoms with Crippen LogP contribution in [0.1, 0.15) is 59.3 Å². The summed E-state index contributed by atoms with van der Waals surface area (Å²) in [5.74, 6) is 0. The minimum Gasteiger partial charge on any atom is -0.854 e. The van der Waals surface area contributed by atoms with Gasteiger partial charge in [-0.2, -0.15) is 0 Å². The molecule has 0 bridgehead atoms. The zero-order valence-electron chi connectivity index (χ0n) is 11.1. The summed E-state index contributed by atoms with van der Waals surface area (Å²) < 4.78 is 0. The van der Waals surface area contributed by atoms with Gasteiger partial charge in [0.25, 0.3) is 0 Å². The molecule has 0 aliphatic carbocycles. The van der Waals surface area contributed by atoms with Crippen LogP contribution in [0.5, 0.6) is 0 Å². The molecule has 0 aromatic carbocycles. The Hall–Kier alpha value is 0.594. The second-order valence-corrected chi connectivity index (χ2v) is 3.17. The molecule has 0 aromatic heterocycles. The maximum atomic E-state index is 9.53. The molecule has 97 valence electrons. The molecule has 16 heavy (non-hydrogen) atoms. The quantitative estimate of drug-likeness (QED) is 0.656. The van der Waals surface area contributed by atoms with Crippen molar-refractivity contribution in [2.75, 3.05) is 19.8 Å². The van der Waals surface area contributed by atoms with Crippen LogP contribution in [0.2, 0.25) is 0 Å². The van der Waals surface area contributed by atoms with Crippen molar-refractivity contribution >= 4 is 0 Å². The zero-order chi connectivity index (χ0) is 12.4. The van der Waals surface area contributed by atoms with Crippen LogP contribution in [0, 0.1) is 0 Å². The molecular weight excluding hydrogens is 240 g/mol. The smallest absolute Gasteiger partial charge is 0.854 e. The van der Waals surface area contributed by atoms with Gasteiger partial charge in [0.2, 0.25) is 0 Å². The molecule has 0 heterocycles. The normalized spacial score (nSPS) is 7.88. The number of rotatable bonds is 6. The van der Waals surface area contributed by atoms with Crippen molar-refractivity contribution < 1.29 is 37.0 Å². The van der Waals surface area contributed by atoms with Crippen LogP contribution < -0.4 is 15.3 Å². The molecule has 1 radical (unpaired) electrons. The fraction of sp³-hybridized carbons (Fsp3) is 1.00. The average molecular weight is 267 g/mol. The van der Waals surface area contributed by atoms with Crippen LogP contribution in [0.25, 0.3) is 0 Å². The molecular formula is C12H27O3Ti. The predicted molar refractivity (Wildman–Crippen MR) is 59.3 cm³/mol. The van der Waals surface area contributed by atoms with Crippen molar-refractivity contribution in [1.29, 1.82) is 0 Å². The fourth-order valence-electron chi connectivity index (χ4n) is 0.433. The van der Waals surface area contributed by atoms with Gasteiger partial charge < -0.3 is 15.3 Å². The van der Waals surface area contributed by atoms with Gasteiger partial charge in [0.1, 0.15) is 0 Å². The molecule has 0 aromatic rings. The van der Waals surface area contributed by atoms with Crippen molar-refractivity contribution in [3.63, 3.8) is 0 Å². The summed E-state index contributed by atoms with van der Waals surface area (Å²) in [5, 5.41) is 28.6. The van der Waals surface area contributed by atoms with E-state index < -0.39 is 0 Å². The Kier molecular flexibility index (Phi) is 57.4. The first-order valence-electron chi connectivity index (χ1n) is 5.99. The first-order valence-corrected chi connectivity index (χ1v) is 5.99. The van der Waals surface area contributed by atoms with Crippen molar-refractivity contribution in [2.45, 2.75) is 59.3 Å². The maximum Gasteiger partial charge on any atom is 3.00 e. The van der Waals surface area contributed by atoms with Gasteiger partial charge in [-0.3, -0.25) is 0 Å². The fourth-order valence-corrected chi connectivity index (χ4v) is 0.433. The standard InChI is InChI=1S/3C4H9O.Ti/c3*1-2-3-4-5;/h3*2-4H2,1H3;/q3*-1;+3. The van der Waals surface area contributed by atoms with E-state index in [0.717, 1.165) is 38.5 Å². The molecule has 3 nitrogen and oxygen atoms in total. The van der Waals surface area contributed by atoms with Gasteiger partial charge in [-0.15, -0.1) is 19.8 Å². The molecule has 0 rings (SSSR count). The second-order valence-electron chi connectivity index (χ2n) is 3.17. The van der Waals surface area contributed by atoms with Crippen molar-refractivity contribution in [3.05, 3.63) is 0 Å². The van der Waals surface area contributed by atoms with Crippen molar-refractivity contribution in [1.82, 2.24) is 0 Å². The first kappa shape index (κ1) is 25.4. The number of hydrogen-bond donors (Lipinski definition) is 0. The summed E-state index contributed by atoms with van der Waals surface area (Å²) in [6.07, 6.45) is 5.59. The third-order valence-corrected chi connectivity index (χ3v) is 1.49. The third kappa shape index (κ3) is 62.0. The van der Waals surface area contributed by atoms with E-state index in [-0.39, 0.29) is 41.5 Å². The second kappa shape index (κ2) is 36.1. The van der Waals surface area contributed by atoms with E-state index in [1.807, 2.05) is 20.8 Å². The van der Waals surface area contributed by atoms with E-state index in [1.165, 1.54) is 0 Å². The summed E-state index contributed by atoms with van der Waals surface area (Å²) in [6, 6.07) is 0. The van der Waals surface area contributed by atoms with Gasteiger partial charge in [0.05, 0.1) is 0 Å². The Morgan fingerprint density at radius 1 is 0.562 bits per heavy atom. The zero-order valence-corrected chi connectivity index (χ0v) is 12.7. The van der Waals surface area contributed by atoms with Gasteiger partial charge >= 0.3 is 21.7 Å². The van der Waals surface area contributed by atoms with Gasteiger partial charge in [0, 0.05) is 0 Å². The van der Waals surface area contributed by atoms with Crippen LogP contribution in [0.15, 0.2) is 0 Å². The Labute approximate surface area is 116 Å². The van der Waals surface area contributed by atoms with E-state index in [0.29, 0.717) is 0 Å². The van der Waals surface area contributed by atoms with E-state index >= 15 is 0 Å². The van der Waals surface area contributed by atoms with Gasteiger partial charge in [-0.1, -0.05) is 59.3 Å². The summed E-state index contributed by atoms with van der Waals surface area (Å²) in [6.45, 7) is 6.32. The molecule has 0 amide bonds. The largest absolute Gasteiger partial charge is 3.00 e. The predicted octanol–water partition coefficient (Wildman–Crippen LogP) is 0.438. The van der Waals surface area contributed by atoms with Gasteiger partial charge in [-0.25, -0.2) is 0 Å². The maximum absolute atomic E-state index is 9.53. The monoisotopic (exact) mass is 267 g/mol. The van der Waals surface area contributed by atoms with Crippen LogP contribution in [-0.4, -0.2) is 19.8 Å². The molecule has 0 fully saturated rings. The first-order chi connectivity index (χ1) is 7.24. The van der Waals surface area contributed by atoms with E-state index in [9.17, 15) is 15.3 Å². The molecule has 0 N–H and O–H groups in total. The summed E-state index contributed by atoms with van der Waals surface area (Å²) in [5.41, 5.74) is 0. The molecule has 0 aliphatic rings. The van der Waals surface area contributed by atoms with E-state index in [4.69, 9.17) is 0 Å². The Morgan fingerprint density at radius 3 is 0.750 bits per heavy atom. The minimum absolute atomic E-state index is 0. The Bertz CT molecular complexity index is 53.0.